The van der Waals surface area contributed by atoms with Crippen LogP contribution in [0.25, 0.3) is 16.5 Å². The number of ketones is 1. The summed E-state index contributed by atoms with van der Waals surface area (Å²) < 4.78 is 0. The zero-order valence-corrected chi connectivity index (χ0v) is 17.7. The summed E-state index contributed by atoms with van der Waals surface area (Å²) >= 11 is 12.9. The topological polar surface area (TPSA) is 42.0 Å². The highest BCUT2D eigenvalue weighted by Gasteiger charge is 2.41. The number of benzene rings is 2. The van der Waals surface area contributed by atoms with Crippen LogP contribution in [0.15, 0.2) is 54.2 Å². The van der Waals surface area contributed by atoms with E-state index >= 15 is 0 Å². The van der Waals surface area contributed by atoms with Crippen molar-refractivity contribution in [2.45, 2.75) is 32.7 Å². The maximum Gasteiger partial charge on any atom is 0.162 e. The second kappa shape index (κ2) is 6.58. The molecule has 1 unspecified atom stereocenters. The van der Waals surface area contributed by atoms with Crippen molar-refractivity contribution in [2.24, 2.45) is 5.41 Å². The van der Waals surface area contributed by atoms with Crippen LogP contribution in [0, 0.1) is 5.41 Å². The molecule has 1 aliphatic heterocycles. The third kappa shape index (κ3) is 2.95. The average Bonchev–Trinajstić information content (AvgIpc) is 2.68. The highest BCUT2D eigenvalue weighted by atomic mass is 35.5. The Balaban J connectivity index is 1.83. The van der Waals surface area contributed by atoms with Gasteiger partial charge in [0.05, 0.1) is 21.6 Å². The van der Waals surface area contributed by atoms with Crippen molar-refractivity contribution in [3.8, 4) is 0 Å². The van der Waals surface area contributed by atoms with Crippen molar-refractivity contribution in [3.63, 3.8) is 0 Å². The smallest absolute Gasteiger partial charge is 0.162 e. The molecule has 2 aliphatic rings. The zero-order chi connectivity index (χ0) is 20.3. The number of rotatable bonds is 1. The number of pyridine rings is 1. The molecule has 1 atom stereocenters. The van der Waals surface area contributed by atoms with E-state index in [9.17, 15) is 4.79 Å². The summed E-state index contributed by atoms with van der Waals surface area (Å²) in [5.41, 5.74) is 5.64. The molecule has 1 N–H and O–H groups in total. The first-order valence-electron chi connectivity index (χ1n) is 9.70. The Kier molecular flexibility index (Phi) is 4.23. The highest BCUT2D eigenvalue weighted by Crippen LogP contribution is 2.52. The minimum absolute atomic E-state index is 0.0996. The van der Waals surface area contributed by atoms with Crippen LogP contribution < -0.4 is 5.32 Å². The predicted molar refractivity (Wildman–Crippen MR) is 120 cm³/mol. The number of hydrogen-bond acceptors (Lipinski definition) is 3. The van der Waals surface area contributed by atoms with Gasteiger partial charge in [0.2, 0.25) is 0 Å². The van der Waals surface area contributed by atoms with E-state index in [1.54, 1.807) is 12.3 Å². The molecule has 1 aliphatic carbocycles. The van der Waals surface area contributed by atoms with E-state index in [4.69, 9.17) is 23.2 Å². The first-order valence-corrected chi connectivity index (χ1v) is 10.5. The number of halogens is 2. The molecule has 2 heterocycles. The van der Waals surface area contributed by atoms with Gasteiger partial charge in [0, 0.05) is 34.8 Å². The fraction of sp³-hybridized carbons (Fsp3) is 0.250. The number of carbonyl (C=O) groups is 1. The fourth-order valence-electron chi connectivity index (χ4n) is 4.69. The molecule has 0 fully saturated rings. The lowest BCUT2D eigenvalue weighted by molar-refractivity contribution is -0.118. The minimum Gasteiger partial charge on any atom is -0.373 e. The lowest BCUT2D eigenvalue weighted by atomic mass is 9.68. The van der Waals surface area contributed by atoms with Crippen molar-refractivity contribution in [2.75, 3.05) is 5.32 Å². The lowest BCUT2D eigenvalue weighted by Gasteiger charge is -2.40. The molecular formula is C24H20Cl2N2O. The Labute approximate surface area is 179 Å². The Morgan fingerprint density at radius 1 is 1.07 bits per heavy atom. The van der Waals surface area contributed by atoms with Gasteiger partial charge in [0.1, 0.15) is 0 Å². The molecule has 0 spiro atoms. The predicted octanol–water partition coefficient (Wildman–Crippen LogP) is 6.85. The number of aromatic nitrogens is 1. The standard InChI is InChI=1S/C24H20Cl2N2O/c1-24(2)11-15-20-13-6-4-10-27-17(13)8-9-18(20)28-23(21(15)19(29)12-24)14-5-3-7-16(25)22(14)26/h3-10,23,28H,11-12H2,1-2H3. The van der Waals surface area contributed by atoms with E-state index in [1.165, 1.54) is 0 Å². The van der Waals surface area contributed by atoms with Gasteiger partial charge in [-0.05, 0) is 47.2 Å². The SMILES string of the molecule is CC1(C)CC(=O)C2=C(C1)c1c(ccc3ncccc13)NC2c1cccc(Cl)c1Cl. The average molecular weight is 423 g/mol. The number of allylic oxidation sites excluding steroid dienone is 1. The Morgan fingerprint density at radius 2 is 1.90 bits per heavy atom. The van der Waals surface area contributed by atoms with E-state index in [0.29, 0.717) is 16.5 Å². The molecule has 5 rings (SSSR count). The van der Waals surface area contributed by atoms with Crippen molar-refractivity contribution in [1.82, 2.24) is 4.98 Å². The zero-order valence-electron chi connectivity index (χ0n) is 16.2. The summed E-state index contributed by atoms with van der Waals surface area (Å²) in [6, 6.07) is 13.3. The Bertz CT molecular complexity index is 1210. The Hall–Kier alpha value is -2.36. The van der Waals surface area contributed by atoms with Crippen LogP contribution in [0.5, 0.6) is 0 Å². The third-order valence-electron chi connectivity index (χ3n) is 5.89. The van der Waals surface area contributed by atoms with Gasteiger partial charge in [-0.2, -0.15) is 0 Å². The third-order valence-corrected chi connectivity index (χ3v) is 6.72. The van der Waals surface area contributed by atoms with Gasteiger partial charge in [-0.3, -0.25) is 9.78 Å². The summed E-state index contributed by atoms with van der Waals surface area (Å²) in [7, 11) is 0. The highest BCUT2D eigenvalue weighted by molar-refractivity contribution is 6.42. The molecule has 0 amide bonds. The number of nitrogens with zero attached hydrogens (tertiary/aromatic N) is 1. The van der Waals surface area contributed by atoms with E-state index in [2.05, 4.69) is 30.2 Å². The largest absolute Gasteiger partial charge is 0.373 e. The maximum atomic E-state index is 13.4. The number of anilines is 1. The normalized spacial score (nSPS) is 20.3. The Morgan fingerprint density at radius 3 is 2.72 bits per heavy atom. The fourth-order valence-corrected chi connectivity index (χ4v) is 5.11. The molecule has 1 aromatic heterocycles. The lowest BCUT2D eigenvalue weighted by Crippen LogP contribution is -2.33. The summed E-state index contributed by atoms with van der Waals surface area (Å²) in [6.07, 6.45) is 3.14. The molecule has 0 saturated heterocycles. The molecule has 0 radical (unpaired) electrons. The molecule has 3 nitrogen and oxygen atoms in total. The summed E-state index contributed by atoms with van der Waals surface area (Å²) in [6.45, 7) is 4.31. The van der Waals surface area contributed by atoms with Crippen LogP contribution in [-0.2, 0) is 4.79 Å². The van der Waals surface area contributed by atoms with Gasteiger partial charge >= 0.3 is 0 Å². The first-order chi connectivity index (χ1) is 13.9. The van der Waals surface area contributed by atoms with Crippen LogP contribution in [0.1, 0.15) is 43.9 Å². The summed E-state index contributed by atoms with van der Waals surface area (Å²) in [4.78, 5) is 17.9. The van der Waals surface area contributed by atoms with Crippen LogP contribution in [0.2, 0.25) is 10.0 Å². The number of fused-ring (bicyclic) bond motifs is 4. The maximum absolute atomic E-state index is 13.4. The molecule has 146 valence electrons. The first kappa shape index (κ1) is 18.7. The van der Waals surface area contributed by atoms with Gasteiger partial charge in [-0.15, -0.1) is 0 Å². The molecular weight excluding hydrogens is 403 g/mol. The minimum atomic E-state index is -0.318. The van der Waals surface area contributed by atoms with Crippen molar-refractivity contribution in [3.05, 3.63) is 75.4 Å². The van der Waals surface area contributed by atoms with Gasteiger partial charge in [0.25, 0.3) is 0 Å². The summed E-state index contributed by atoms with van der Waals surface area (Å²) in [5, 5.41) is 5.62. The quantitative estimate of drug-likeness (QED) is 0.465. The molecule has 3 aromatic rings. The number of nitrogens with one attached hydrogen (secondary N) is 1. The van der Waals surface area contributed by atoms with Gasteiger partial charge in [-0.1, -0.05) is 55.2 Å². The number of hydrogen-bond donors (Lipinski definition) is 1. The molecule has 5 heteroatoms. The number of carbonyl (C=O) groups excluding carboxylic acids is 1. The molecule has 0 bridgehead atoms. The van der Waals surface area contributed by atoms with Crippen LogP contribution in [0.4, 0.5) is 5.69 Å². The second-order valence-corrected chi connectivity index (χ2v) is 9.40. The van der Waals surface area contributed by atoms with Crippen molar-refractivity contribution >= 4 is 51.1 Å². The molecule has 2 aromatic carbocycles. The van der Waals surface area contributed by atoms with Crippen LogP contribution in [-0.4, -0.2) is 10.8 Å². The van der Waals surface area contributed by atoms with E-state index in [-0.39, 0.29) is 17.2 Å². The van der Waals surface area contributed by atoms with Crippen LogP contribution >= 0.6 is 23.2 Å². The van der Waals surface area contributed by atoms with Crippen LogP contribution in [0.3, 0.4) is 0 Å². The van der Waals surface area contributed by atoms with Gasteiger partial charge < -0.3 is 5.32 Å². The molecule has 29 heavy (non-hydrogen) atoms. The van der Waals surface area contributed by atoms with Gasteiger partial charge in [-0.25, -0.2) is 0 Å². The monoisotopic (exact) mass is 422 g/mol. The van der Waals surface area contributed by atoms with E-state index in [0.717, 1.165) is 45.3 Å². The van der Waals surface area contributed by atoms with Gasteiger partial charge in [0.15, 0.2) is 5.78 Å². The van der Waals surface area contributed by atoms with E-state index < -0.39 is 0 Å². The second-order valence-electron chi connectivity index (χ2n) is 8.61. The molecule has 0 saturated carbocycles. The number of Topliss-reactive ketones (excluding diaryl/α,β-unsaturated/α-hetero) is 1. The van der Waals surface area contributed by atoms with Crippen molar-refractivity contribution in [1.29, 1.82) is 0 Å². The summed E-state index contributed by atoms with van der Waals surface area (Å²) in [5.74, 6) is 0.163. The van der Waals surface area contributed by atoms with Crippen molar-refractivity contribution < 1.29 is 4.79 Å². The van der Waals surface area contributed by atoms with E-state index in [1.807, 2.05) is 30.3 Å².